The lowest BCUT2D eigenvalue weighted by atomic mass is 10.1. The SMILES string of the molecule is CCNS(=O)(=O)c1ccc(N2CCCCCC2CN)cc1. The summed E-state index contributed by atoms with van der Waals surface area (Å²) >= 11 is 0. The van der Waals surface area contributed by atoms with E-state index in [4.69, 9.17) is 5.73 Å². The average molecular weight is 311 g/mol. The predicted octanol–water partition coefficient (Wildman–Crippen LogP) is 1.69. The lowest BCUT2D eigenvalue weighted by molar-refractivity contribution is 0.579. The fraction of sp³-hybridized carbons (Fsp3) is 0.600. The van der Waals surface area contributed by atoms with Gasteiger partial charge in [0.05, 0.1) is 4.90 Å². The first-order valence-corrected chi connectivity index (χ1v) is 9.13. The Kier molecular flexibility index (Phi) is 5.61. The first-order chi connectivity index (χ1) is 10.1. The third-order valence-electron chi connectivity index (χ3n) is 3.96. The summed E-state index contributed by atoms with van der Waals surface area (Å²) in [5, 5.41) is 0. The highest BCUT2D eigenvalue weighted by atomic mass is 32.2. The lowest BCUT2D eigenvalue weighted by Crippen LogP contribution is -2.40. The van der Waals surface area contributed by atoms with Gasteiger partial charge >= 0.3 is 0 Å². The summed E-state index contributed by atoms with van der Waals surface area (Å²) in [5.41, 5.74) is 6.95. The van der Waals surface area contributed by atoms with Gasteiger partial charge in [0, 0.05) is 31.4 Å². The summed E-state index contributed by atoms with van der Waals surface area (Å²) < 4.78 is 26.4. The highest BCUT2D eigenvalue weighted by Crippen LogP contribution is 2.25. The van der Waals surface area contributed by atoms with Crippen LogP contribution in [0.1, 0.15) is 32.6 Å². The van der Waals surface area contributed by atoms with Crippen molar-refractivity contribution in [1.29, 1.82) is 0 Å². The number of rotatable bonds is 5. The molecule has 5 nitrogen and oxygen atoms in total. The summed E-state index contributed by atoms with van der Waals surface area (Å²) in [4.78, 5) is 2.63. The third-order valence-corrected chi connectivity index (χ3v) is 5.52. The highest BCUT2D eigenvalue weighted by molar-refractivity contribution is 7.89. The molecule has 1 aromatic rings. The maximum Gasteiger partial charge on any atom is 0.240 e. The van der Waals surface area contributed by atoms with Crippen molar-refractivity contribution in [3.05, 3.63) is 24.3 Å². The molecule has 0 aliphatic carbocycles. The van der Waals surface area contributed by atoms with Crippen LogP contribution in [0.15, 0.2) is 29.2 Å². The van der Waals surface area contributed by atoms with Crippen molar-refractivity contribution in [3.63, 3.8) is 0 Å². The molecule has 0 spiro atoms. The average Bonchev–Trinajstić information content (AvgIpc) is 2.72. The van der Waals surface area contributed by atoms with Crippen molar-refractivity contribution in [2.24, 2.45) is 5.73 Å². The number of sulfonamides is 1. The Morgan fingerprint density at radius 1 is 1.24 bits per heavy atom. The Morgan fingerprint density at radius 3 is 2.57 bits per heavy atom. The van der Waals surface area contributed by atoms with Crippen LogP contribution in [-0.4, -0.2) is 34.1 Å². The molecule has 1 heterocycles. The number of benzene rings is 1. The molecule has 0 amide bonds. The molecule has 21 heavy (non-hydrogen) atoms. The first-order valence-electron chi connectivity index (χ1n) is 7.65. The summed E-state index contributed by atoms with van der Waals surface area (Å²) in [6.07, 6.45) is 4.72. The molecule has 1 aliphatic heterocycles. The minimum absolute atomic E-state index is 0.312. The van der Waals surface area contributed by atoms with Crippen LogP contribution >= 0.6 is 0 Å². The molecule has 1 aromatic carbocycles. The molecule has 0 aromatic heterocycles. The fourth-order valence-corrected chi connectivity index (χ4v) is 3.89. The minimum Gasteiger partial charge on any atom is -0.367 e. The lowest BCUT2D eigenvalue weighted by Gasteiger charge is -2.31. The zero-order valence-electron chi connectivity index (χ0n) is 12.6. The van der Waals surface area contributed by atoms with E-state index >= 15 is 0 Å². The zero-order valence-corrected chi connectivity index (χ0v) is 13.4. The molecular formula is C15H25N3O2S. The van der Waals surface area contributed by atoms with Gasteiger partial charge in [0.2, 0.25) is 10.0 Å². The second-order valence-corrected chi connectivity index (χ2v) is 7.19. The monoisotopic (exact) mass is 311 g/mol. The van der Waals surface area contributed by atoms with E-state index in [0.29, 0.717) is 24.0 Å². The largest absolute Gasteiger partial charge is 0.367 e. The van der Waals surface area contributed by atoms with E-state index in [1.165, 1.54) is 12.8 Å². The van der Waals surface area contributed by atoms with Gasteiger partial charge in [-0.15, -0.1) is 0 Å². The van der Waals surface area contributed by atoms with E-state index in [2.05, 4.69) is 9.62 Å². The van der Waals surface area contributed by atoms with Crippen LogP contribution in [0.2, 0.25) is 0 Å². The van der Waals surface area contributed by atoms with Crippen molar-refractivity contribution < 1.29 is 8.42 Å². The van der Waals surface area contributed by atoms with Crippen molar-refractivity contribution in [2.75, 3.05) is 24.5 Å². The summed E-state index contributed by atoms with van der Waals surface area (Å²) in [5.74, 6) is 0. The van der Waals surface area contributed by atoms with E-state index in [-0.39, 0.29) is 0 Å². The van der Waals surface area contributed by atoms with Crippen LogP contribution in [-0.2, 0) is 10.0 Å². The maximum atomic E-state index is 12.0. The molecule has 118 valence electrons. The Balaban J connectivity index is 2.21. The zero-order chi connectivity index (χ0) is 15.3. The number of nitrogens with two attached hydrogens (primary N) is 1. The smallest absolute Gasteiger partial charge is 0.240 e. The van der Waals surface area contributed by atoms with Gasteiger partial charge in [0.25, 0.3) is 0 Å². The van der Waals surface area contributed by atoms with Gasteiger partial charge < -0.3 is 10.6 Å². The Labute approximate surface area is 127 Å². The van der Waals surface area contributed by atoms with Crippen LogP contribution in [0.25, 0.3) is 0 Å². The molecule has 1 saturated heterocycles. The number of hydrogen-bond acceptors (Lipinski definition) is 4. The maximum absolute atomic E-state index is 12.0. The summed E-state index contributed by atoms with van der Waals surface area (Å²) in [7, 11) is -3.38. The number of nitrogens with zero attached hydrogens (tertiary/aromatic N) is 1. The summed E-state index contributed by atoms with van der Waals surface area (Å²) in [6, 6.07) is 7.47. The molecule has 1 unspecified atom stereocenters. The topological polar surface area (TPSA) is 75.4 Å². The van der Waals surface area contributed by atoms with Crippen molar-refractivity contribution >= 4 is 15.7 Å². The fourth-order valence-electron chi connectivity index (χ4n) is 2.85. The van der Waals surface area contributed by atoms with Crippen LogP contribution in [0.4, 0.5) is 5.69 Å². The van der Waals surface area contributed by atoms with Gasteiger partial charge in [-0.3, -0.25) is 0 Å². The summed E-state index contributed by atoms with van der Waals surface area (Å²) in [6.45, 7) is 3.79. The van der Waals surface area contributed by atoms with E-state index < -0.39 is 10.0 Å². The highest BCUT2D eigenvalue weighted by Gasteiger charge is 2.20. The van der Waals surface area contributed by atoms with Gasteiger partial charge in [-0.1, -0.05) is 19.8 Å². The van der Waals surface area contributed by atoms with Crippen molar-refractivity contribution in [3.8, 4) is 0 Å². The predicted molar refractivity (Wildman–Crippen MR) is 86.0 cm³/mol. The quantitative estimate of drug-likeness (QED) is 0.868. The second kappa shape index (κ2) is 7.24. The molecule has 3 N–H and O–H groups in total. The van der Waals surface area contributed by atoms with Crippen LogP contribution in [0.3, 0.4) is 0 Å². The molecule has 1 fully saturated rings. The van der Waals surface area contributed by atoms with Gasteiger partial charge in [-0.2, -0.15) is 0 Å². The Hall–Kier alpha value is -1.11. The molecule has 1 atom stereocenters. The van der Waals surface area contributed by atoms with Gasteiger partial charge in [0.15, 0.2) is 0 Å². The van der Waals surface area contributed by atoms with Crippen molar-refractivity contribution in [1.82, 2.24) is 4.72 Å². The van der Waals surface area contributed by atoms with E-state index in [1.54, 1.807) is 19.1 Å². The van der Waals surface area contributed by atoms with Gasteiger partial charge in [-0.05, 0) is 37.1 Å². The third kappa shape index (κ3) is 3.96. The van der Waals surface area contributed by atoms with Crippen LogP contribution in [0.5, 0.6) is 0 Å². The van der Waals surface area contributed by atoms with Gasteiger partial charge in [0.1, 0.15) is 0 Å². The molecular weight excluding hydrogens is 286 g/mol. The molecule has 0 bridgehead atoms. The first kappa shape index (κ1) is 16.3. The van der Waals surface area contributed by atoms with Crippen molar-refractivity contribution in [2.45, 2.75) is 43.5 Å². The van der Waals surface area contributed by atoms with Crippen LogP contribution in [0, 0.1) is 0 Å². The number of nitrogens with one attached hydrogen (secondary N) is 1. The second-order valence-electron chi connectivity index (χ2n) is 5.43. The van der Waals surface area contributed by atoms with E-state index in [9.17, 15) is 8.42 Å². The number of hydrogen-bond donors (Lipinski definition) is 2. The normalized spacial score (nSPS) is 20.3. The standard InChI is InChI=1S/C15H25N3O2S/c1-2-17-21(19,20)15-9-7-13(8-10-15)18-11-5-3-4-6-14(18)12-16/h7-10,14,17H,2-6,11-12,16H2,1H3. The molecule has 0 saturated carbocycles. The Bertz CT molecular complexity index is 543. The molecule has 0 radical (unpaired) electrons. The van der Waals surface area contributed by atoms with Gasteiger partial charge in [-0.25, -0.2) is 13.1 Å². The van der Waals surface area contributed by atoms with E-state index in [1.807, 2.05) is 12.1 Å². The number of anilines is 1. The van der Waals surface area contributed by atoms with E-state index in [0.717, 1.165) is 25.1 Å². The molecule has 1 aliphatic rings. The minimum atomic E-state index is -3.38. The Morgan fingerprint density at radius 2 is 1.95 bits per heavy atom. The molecule has 2 rings (SSSR count). The molecule has 6 heteroatoms. The van der Waals surface area contributed by atoms with Crippen LogP contribution < -0.4 is 15.4 Å².